The van der Waals surface area contributed by atoms with E-state index in [9.17, 15) is 4.79 Å². The standard InChI is InChI=1S/C10H17NO3/c1-11-5-7-4-8(7)9(11)6-14-3-2-10(12)13/h7-9H,2-6H2,1H3,(H,12,13)/t7-,8-,9-/m1/s1. The summed E-state index contributed by atoms with van der Waals surface area (Å²) in [6.07, 6.45) is 1.46. The van der Waals surface area contributed by atoms with E-state index in [1.54, 1.807) is 0 Å². The summed E-state index contributed by atoms with van der Waals surface area (Å²) in [6.45, 7) is 2.24. The fraction of sp³-hybridized carbons (Fsp3) is 0.900. The van der Waals surface area contributed by atoms with Gasteiger partial charge in [-0.1, -0.05) is 0 Å². The van der Waals surface area contributed by atoms with Gasteiger partial charge in [0, 0.05) is 12.6 Å². The highest BCUT2D eigenvalue weighted by Crippen LogP contribution is 2.48. The first kappa shape index (κ1) is 9.93. The van der Waals surface area contributed by atoms with Gasteiger partial charge in [-0.05, 0) is 25.3 Å². The normalized spacial score (nSPS) is 35.6. The predicted octanol–water partition coefficient (Wildman–Crippen LogP) is 0.428. The van der Waals surface area contributed by atoms with Crippen molar-refractivity contribution in [3.63, 3.8) is 0 Å². The molecule has 1 aliphatic heterocycles. The summed E-state index contributed by atoms with van der Waals surface area (Å²) in [4.78, 5) is 12.6. The average molecular weight is 199 g/mol. The third kappa shape index (κ3) is 2.07. The van der Waals surface area contributed by atoms with E-state index in [4.69, 9.17) is 9.84 Å². The molecule has 0 amide bonds. The minimum atomic E-state index is -0.783. The zero-order chi connectivity index (χ0) is 10.1. The number of likely N-dealkylation sites (tertiary alicyclic amines) is 1. The lowest BCUT2D eigenvalue weighted by atomic mass is 10.2. The molecule has 0 spiro atoms. The number of piperidine rings is 1. The highest BCUT2D eigenvalue weighted by atomic mass is 16.5. The van der Waals surface area contributed by atoms with Crippen LogP contribution >= 0.6 is 0 Å². The summed E-state index contributed by atoms with van der Waals surface area (Å²) in [5.41, 5.74) is 0. The summed E-state index contributed by atoms with van der Waals surface area (Å²) in [7, 11) is 2.12. The van der Waals surface area contributed by atoms with Gasteiger partial charge in [-0.3, -0.25) is 4.79 Å². The second-order valence-electron chi connectivity index (χ2n) is 4.39. The van der Waals surface area contributed by atoms with Crippen LogP contribution < -0.4 is 0 Å². The minimum Gasteiger partial charge on any atom is -0.481 e. The van der Waals surface area contributed by atoms with Crippen LogP contribution in [0.3, 0.4) is 0 Å². The van der Waals surface area contributed by atoms with Crippen molar-refractivity contribution in [2.24, 2.45) is 11.8 Å². The highest BCUT2D eigenvalue weighted by Gasteiger charge is 2.50. The molecule has 0 unspecified atom stereocenters. The third-order valence-electron chi connectivity index (χ3n) is 3.31. The van der Waals surface area contributed by atoms with E-state index in [-0.39, 0.29) is 6.42 Å². The molecule has 1 saturated heterocycles. The van der Waals surface area contributed by atoms with Crippen molar-refractivity contribution in [3.8, 4) is 0 Å². The van der Waals surface area contributed by atoms with Crippen LogP contribution in [0.4, 0.5) is 0 Å². The van der Waals surface area contributed by atoms with E-state index >= 15 is 0 Å². The number of rotatable bonds is 5. The summed E-state index contributed by atoms with van der Waals surface area (Å²) >= 11 is 0. The maximum Gasteiger partial charge on any atom is 0.305 e. The molecule has 2 rings (SSSR count). The minimum absolute atomic E-state index is 0.116. The summed E-state index contributed by atoms with van der Waals surface area (Å²) in [5.74, 6) is 0.937. The Bertz CT molecular complexity index is 229. The van der Waals surface area contributed by atoms with Crippen LogP contribution in [-0.4, -0.2) is 48.8 Å². The lowest BCUT2D eigenvalue weighted by Crippen LogP contribution is -2.33. The zero-order valence-corrected chi connectivity index (χ0v) is 8.48. The van der Waals surface area contributed by atoms with Crippen LogP contribution in [0.25, 0.3) is 0 Å². The Labute approximate surface area is 83.8 Å². The Kier molecular flexibility index (Phi) is 2.74. The topological polar surface area (TPSA) is 49.8 Å². The van der Waals surface area contributed by atoms with E-state index < -0.39 is 5.97 Å². The molecular formula is C10H17NO3. The van der Waals surface area contributed by atoms with E-state index in [0.29, 0.717) is 19.3 Å². The summed E-state index contributed by atoms with van der Waals surface area (Å²) < 4.78 is 5.37. The van der Waals surface area contributed by atoms with Gasteiger partial charge in [0.05, 0.1) is 19.6 Å². The van der Waals surface area contributed by atoms with E-state index in [0.717, 1.165) is 11.8 Å². The lowest BCUT2D eigenvalue weighted by molar-refractivity contribution is -0.138. The molecule has 3 atom stereocenters. The Morgan fingerprint density at radius 3 is 3.00 bits per heavy atom. The molecule has 4 heteroatoms. The summed E-state index contributed by atoms with van der Waals surface area (Å²) in [5, 5.41) is 8.43. The van der Waals surface area contributed by atoms with E-state index in [1.807, 2.05) is 0 Å². The predicted molar refractivity (Wildman–Crippen MR) is 51.1 cm³/mol. The molecule has 2 fully saturated rings. The van der Waals surface area contributed by atoms with Crippen molar-refractivity contribution in [2.75, 3.05) is 26.8 Å². The van der Waals surface area contributed by atoms with Crippen LogP contribution in [0.1, 0.15) is 12.8 Å². The number of hydrogen-bond acceptors (Lipinski definition) is 3. The van der Waals surface area contributed by atoms with Crippen molar-refractivity contribution >= 4 is 5.97 Å². The third-order valence-corrected chi connectivity index (χ3v) is 3.31. The Morgan fingerprint density at radius 1 is 1.64 bits per heavy atom. The molecule has 14 heavy (non-hydrogen) atoms. The lowest BCUT2D eigenvalue weighted by Gasteiger charge is -2.22. The zero-order valence-electron chi connectivity index (χ0n) is 8.48. The van der Waals surface area contributed by atoms with Gasteiger partial charge in [0.25, 0.3) is 0 Å². The van der Waals surface area contributed by atoms with Gasteiger partial charge < -0.3 is 14.7 Å². The Balaban J connectivity index is 1.63. The maximum atomic E-state index is 10.2. The van der Waals surface area contributed by atoms with Crippen LogP contribution in [-0.2, 0) is 9.53 Å². The molecule has 0 aromatic heterocycles. The molecule has 1 N–H and O–H groups in total. The van der Waals surface area contributed by atoms with E-state index in [1.165, 1.54) is 13.0 Å². The van der Waals surface area contributed by atoms with Gasteiger partial charge in [-0.25, -0.2) is 0 Å². The fourth-order valence-corrected chi connectivity index (χ4v) is 2.40. The number of carboxylic acid groups (broad SMARTS) is 1. The number of likely N-dealkylation sites (N-methyl/N-ethyl adjacent to an activating group) is 1. The number of carboxylic acids is 1. The van der Waals surface area contributed by atoms with Gasteiger partial charge >= 0.3 is 5.97 Å². The maximum absolute atomic E-state index is 10.2. The van der Waals surface area contributed by atoms with Crippen LogP contribution in [0.2, 0.25) is 0 Å². The van der Waals surface area contributed by atoms with Crippen molar-refractivity contribution in [2.45, 2.75) is 18.9 Å². The first-order valence-corrected chi connectivity index (χ1v) is 5.18. The van der Waals surface area contributed by atoms with Gasteiger partial charge in [0.2, 0.25) is 0 Å². The molecule has 1 aliphatic carbocycles. The number of ether oxygens (including phenoxy) is 1. The second-order valence-corrected chi connectivity index (χ2v) is 4.39. The first-order chi connectivity index (χ1) is 6.68. The number of hydrogen-bond donors (Lipinski definition) is 1. The molecule has 1 saturated carbocycles. The molecular weight excluding hydrogens is 182 g/mol. The molecule has 0 aromatic carbocycles. The monoisotopic (exact) mass is 199 g/mol. The smallest absolute Gasteiger partial charge is 0.305 e. The van der Waals surface area contributed by atoms with Crippen molar-refractivity contribution < 1.29 is 14.6 Å². The molecule has 2 aliphatic rings. The number of carbonyl (C=O) groups is 1. The summed E-state index contributed by atoms with van der Waals surface area (Å²) in [6, 6.07) is 0.536. The second kappa shape index (κ2) is 3.87. The molecule has 80 valence electrons. The van der Waals surface area contributed by atoms with Crippen molar-refractivity contribution in [1.82, 2.24) is 4.90 Å². The number of nitrogens with zero attached hydrogens (tertiary/aromatic N) is 1. The van der Waals surface area contributed by atoms with Crippen LogP contribution in [0.5, 0.6) is 0 Å². The van der Waals surface area contributed by atoms with Crippen molar-refractivity contribution in [3.05, 3.63) is 0 Å². The molecule has 0 aromatic rings. The first-order valence-electron chi connectivity index (χ1n) is 5.18. The number of aliphatic carboxylic acids is 1. The highest BCUT2D eigenvalue weighted by molar-refractivity contribution is 5.66. The Hall–Kier alpha value is -0.610. The van der Waals surface area contributed by atoms with Crippen LogP contribution in [0.15, 0.2) is 0 Å². The van der Waals surface area contributed by atoms with Gasteiger partial charge in [-0.2, -0.15) is 0 Å². The molecule has 4 nitrogen and oxygen atoms in total. The SMILES string of the molecule is CN1C[C@H]2C[C@H]2[C@H]1COCCC(=O)O. The molecule has 1 heterocycles. The fourth-order valence-electron chi connectivity index (χ4n) is 2.40. The van der Waals surface area contributed by atoms with Crippen LogP contribution in [0, 0.1) is 11.8 Å². The van der Waals surface area contributed by atoms with E-state index in [2.05, 4.69) is 11.9 Å². The molecule has 0 bridgehead atoms. The van der Waals surface area contributed by atoms with Gasteiger partial charge in [0.15, 0.2) is 0 Å². The van der Waals surface area contributed by atoms with Gasteiger partial charge in [0.1, 0.15) is 0 Å². The number of fused-ring (bicyclic) bond motifs is 1. The van der Waals surface area contributed by atoms with Crippen molar-refractivity contribution in [1.29, 1.82) is 0 Å². The average Bonchev–Trinajstić information content (AvgIpc) is 2.77. The van der Waals surface area contributed by atoms with Gasteiger partial charge in [-0.15, -0.1) is 0 Å². The Morgan fingerprint density at radius 2 is 2.43 bits per heavy atom. The quantitative estimate of drug-likeness (QED) is 0.652. The largest absolute Gasteiger partial charge is 0.481 e. The molecule has 0 radical (unpaired) electrons.